The summed E-state index contributed by atoms with van der Waals surface area (Å²) in [5.74, 6) is 0. The summed E-state index contributed by atoms with van der Waals surface area (Å²) >= 11 is 5.17. The van der Waals surface area contributed by atoms with Crippen LogP contribution in [0.5, 0.6) is 0 Å². The van der Waals surface area contributed by atoms with E-state index in [0.29, 0.717) is 0 Å². The van der Waals surface area contributed by atoms with E-state index in [1.807, 2.05) is 24.1 Å². The summed E-state index contributed by atoms with van der Waals surface area (Å²) in [5.41, 5.74) is 0.870. The molecule has 0 aliphatic heterocycles. The number of H-pyrrole nitrogens is 1. The van der Waals surface area contributed by atoms with Crippen molar-refractivity contribution in [2.45, 2.75) is 0 Å². The molecular formula is C8H11N3S. The summed E-state index contributed by atoms with van der Waals surface area (Å²) in [6, 6.07) is 1.85. The van der Waals surface area contributed by atoms with E-state index in [1.165, 1.54) is 0 Å². The van der Waals surface area contributed by atoms with Crippen molar-refractivity contribution >= 4 is 17.2 Å². The summed E-state index contributed by atoms with van der Waals surface area (Å²) in [4.78, 5) is 2.68. The lowest BCUT2D eigenvalue weighted by Crippen LogP contribution is -2.25. The van der Waals surface area contributed by atoms with Gasteiger partial charge in [-0.2, -0.15) is 5.10 Å². The van der Waals surface area contributed by atoms with Gasteiger partial charge >= 0.3 is 0 Å². The summed E-state index contributed by atoms with van der Waals surface area (Å²) in [6.07, 6.45) is 3.49. The van der Waals surface area contributed by atoms with Gasteiger partial charge in [0.1, 0.15) is 4.99 Å². The van der Waals surface area contributed by atoms with Crippen molar-refractivity contribution in [3.05, 3.63) is 30.6 Å². The third-order valence-electron chi connectivity index (χ3n) is 1.48. The van der Waals surface area contributed by atoms with Crippen LogP contribution in [0.2, 0.25) is 0 Å². The molecular weight excluding hydrogens is 170 g/mol. The maximum absolute atomic E-state index is 5.17. The van der Waals surface area contributed by atoms with Gasteiger partial charge in [-0.25, -0.2) is 0 Å². The highest BCUT2D eigenvalue weighted by atomic mass is 32.1. The molecule has 1 heterocycles. The van der Waals surface area contributed by atoms with E-state index in [9.17, 15) is 0 Å². The molecule has 0 aromatic carbocycles. The number of hydrogen-bond acceptors (Lipinski definition) is 2. The third-order valence-corrected chi connectivity index (χ3v) is 2.01. The fourth-order valence-electron chi connectivity index (χ4n) is 0.857. The highest BCUT2D eigenvalue weighted by molar-refractivity contribution is 7.80. The van der Waals surface area contributed by atoms with Gasteiger partial charge < -0.3 is 4.90 Å². The van der Waals surface area contributed by atoms with Crippen molar-refractivity contribution in [3.8, 4) is 0 Å². The minimum atomic E-state index is 0.748. The van der Waals surface area contributed by atoms with Crippen molar-refractivity contribution in [1.29, 1.82) is 0 Å². The van der Waals surface area contributed by atoms with Gasteiger partial charge in [-0.05, 0) is 6.07 Å². The van der Waals surface area contributed by atoms with Crippen LogP contribution in [0.1, 0.15) is 5.69 Å². The van der Waals surface area contributed by atoms with Crippen LogP contribution in [0.15, 0.2) is 24.9 Å². The molecule has 0 unspecified atom stereocenters. The predicted octanol–water partition coefficient (Wildman–Crippen LogP) is 1.20. The largest absolute Gasteiger partial charge is 0.360 e. The number of thiocarbonyl (C=S) groups is 1. The Balaban J connectivity index is 2.65. The van der Waals surface area contributed by atoms with Crippen LogP contribution in [-0.4, -0.2) is 33.7 Å². The van der Waals surface area contributed by atoms with Gasteiger partial charge in [-0.15, -0.1) is 6.58 Å². The van der Waals surface area contributed by atoms with Crippen molar-refractivity contribution in [2.24, 2.45) is 0 Å². The zero-order valence-electron chi connectivity index (χ0n) is 6.95. The fourth-order valence-corrected chi connectivity index (χ4v) is 1.05. The lowest BCUT2D eigenvalue weighted by Gasteiger charge is -2.16. The zero-order chi connectivity index (χ0) is 8.97. The van der Waals surface area contributed by atoms with Gasteiger partial charge in [0.2, 0.25) is 0 Å². The number of aromatic amines is 1. The summed E-state index contributed by atoms with van der Waals surface area (Å²) in [7, 11) is 1.92. The molecule has 0 aliphatic rings. The number of rotatable bonds is 3. The van der Waals surface area contributed by atoms with Gasteiger partial charge in [-0.3, -0.25) is 5.10 Å². The van der Waals surface area contributed by atoms with Crippen molar-refractivity contribution in [1.82, 2.24) is 15.1 Å². The molecule has 4 heteroatoms. The van der Waals surface area contributed by atoms with E-state index < -0.39 is 0 Å². The van der Waals surface area contributed by atoms with Gasteiger partial charge in [0.05, 0.1) is 5.69 Å². The molecule has 0 saturated carbocycles. The van der Waals surface area contributed by atoms with E-state index in [-0.39, 0.29) is 0 Å². The van der Waals surface area contributed by atoms with Gasteiger partial charge in [-0.1, -0.05) is 18.3 Å². The molecule has 64 valence electrons. The first kappa shape index (κ1) is 8.93. The van der Waals surface area contributed by atoms with E-state index in [0.717, 1.165) is 17.2 Å². The normalized spacial score (nSPS) is 9.42. The Morgan fingerprint density at radius 3 is 3.17 bits per heavy atom. The number of nitrogens with zero attached hydrogens (tertiary/aromatic N) is 2. The maximum atomic E-state index is 5.17. The highest BCUT2D eigenvalue weighted by Crippen LogP contribution is 1.99. The Labute approximate surface area is 77.1 Å². The average Bonchev–Trinajstić information content (AvgIpc) is 2.55. The van der Waals surface area contributed by atoms with Crippen molar-refractivity contribution < 1.29 is 0 Å². The van der Waals surface area contributed by atoms with Crippen LogP contribution in [0, 0.1) is 0 Å². The molecule has 1 aromatic heterocycles. The SMILES string of the molecule is C=CCN(C)C(=S)c1ccn[nH]1. The quantitative estimate of drug-likeness (QED) is 0.561. The summed E-state index contributed by atoms with van der Waals surface area (Å²) < 4.78 is 0. The lowest BCUT2D eigenvalue weighted by molar-refractivity contribution is 0.574. The second-order valence-corrected chi connectivity index (χ2v) is 2.83. The number of hydrogen-bond donors (Lipinski definition) is 1. The van der Waals surface area contributed by atoms with Crippen LogP contribution in [0.25, 0.3) is 0 Å². The number of likely N-dealkylation sites (N-methyl/N-ethyl adjacent to an activating group) is 1. The monoisotopic (exact) mass is 181 g/mol. The average molecular weight is 181 g/mol. The Morgan fingerprint density at radius 2 is 2.67 bits per heavy atom. The lowest BCUT2D eigenvalue weighted by atomic mass is 10.4. The van der Waals surface area contributed by atoms with Gasteiger partial charge in [0, 0.05) is 19.8 Å². The molecule has 0 fully saturated rings. The van der Waals surface area contributed by atoms with E-state index in [2.05, 4.69) is 16.8 Å². The minimum Gasteiger partial charge on any atom is -0.360 e. The van der Waals surface area contributed by atoms with E-state index >= 15 is 0 Å². The summed E-state index contributed by atoms with van der Waals surface area (Å²) in [6.45, 7) is 4.39. The molecule has 3 nitrogen and oxygen atoms in total. The molecule has 0 radical (unpaired) electrons. The topological polar surface area (TPSA) is 31.9 Å². The molecule has 0 spiro atoms. The van der Waals surface area contributed by atoms with Crippen LogP contribution in [0.4, 0.5) is 0 Å². The first-order valence-electron chi connectivity index (χ1n) is 3.61. The second kappa shape index (κ2) is 4.01. The molecule has 0 amide bonds. The predicted molar refractivity (Wildman–Crippen MR) is 53.1 cm³/mol. The number of nitrogens with one attached hydrogen (secondary N) is 1. The molecule has 1 rings (SSSR count). The Hall–Kier alpha value is -1.16. The molecule has 0 aliphatic carbocycles. The molecule has 1 aromatic rings. The number of aromatic nitrogens is 2. The Bertz CT molecular complexity index is 266. The molecule has 12 heavy (non-hydrogen) atoms. The van der Waals surface area contributed by atoms with Crippen LogP contribution in [0.3, 0.4) is 0 Å². The maximum Gasteiger partial charge on any atom is 0.127 e. The highest BCUT2D eigenvalue weighted by Gasteiger charge is 2.05. The minimum absolute atomic E-state index is 0.748. The summed E-state index contributed by atoms with van der Waals surface area (Å²) in [5, 5.41) is 6.63. The smallest absolute Gasteiger partial charge is 0.127 e. The molecule has 0 bridgehead atoms. The molecule has 0 saturated heterocycles. The zero-order valence-corrected chi connectivity index (χ0v) is 7.77. The fraction of sp³-hybridized carbons (Fsp3) is 0.250. The van der Waals surface area contributed by atoms with Gasteiger partial charge in [0.15, 0.2) is 0 Å². The van der Waals surface area contributed by atoms with E-state index in [1.54, 1.807) is 6.20 Å². The second-order valence-electron chi connectivity index (χ2n) is 2.44. The van der Waals surface area contributed by atoms with Crippen LogP contribution >= 0.6 is 12.2 Å². The Morgan fingerprint density at radius 1 is 1.92 bits per heavy atom. The Kier molecular flexibility index (Phi) is 2.99. The van der Waals surface area contributed by atoms with Gasteiger partial charge in [0.25, 0.3) is 0 Å². The molecule has 1 N–H and O–H groups in total. The standard InChI is InChI=1S/C8H11N3S/c1-3-6-11(2)8(12)7-4-5-9-10-7/h3-5H,1,6H2,2H3,(H,9,10). The first-order valence-corrected chi connectivity index (χ1v) is 4.02. The van der Waals surface area contributed by atoms with E-state index in [4.69, 9.17) is 12.2 Å². The molecule has 0 atom stereocenters. The van der Waals surface area contributed by atoms with Crippen LogP contribution < -0.4 is 0 Å². The van der Waals surface area contributed by atoms with Crippen LogP contribution in [-0.2, 0) is 0 Å². The van der Waals surface area contributed by atoms with Crippen molar-refractivity contribution in [2.75, 3.05) is 13.6 Å². The first-order chi connectivity index (χ1) is 5.75. The third kappa shape index (κ3) is 1.92. The van der Waals surface area contributed by atoms with Crippen molar-refractivity contribution in [3.63, 3.8) is 0 Å².